The van der Waals surface area contributed by atoms with E-state index in [1.165, 1.54) is 114 Å². The van der Waals surface area contributed by atoms with Gasteiger partial charge in [-0.1, -0.05) is 93.5 Å². The van der Waals surface area contributed by atoms with Crippen molar-refractivity contribution in [3.63, 3.8) is 0 Å². The average molecular weight is 1880 g/mol. The lowest BCUT2D eigenvalue weighted by Gasteiger charge is -2.14. The van der Waals surface area contributed by atoms with Gasteiger partial charge in [0.2, 0.25) is 0 Å². The number of alkyl halides is 6. The molecule has 0 spiro atoms. The van der Waals surface area contributed by atoms with Crippen LogP contribution < -0.4 is 49.5 Å². The van der Waals surface area contributed by atoms with Crippen LogP contribution in [0.2, 0.25) is 5.02 Å². The summed E-state index contributed by atoms with van der Waals surface area (Å²) in [4.78, 5) is 111. The summed E-state index contributed by atoms with van der Waals surface area (Å²) < 4.78 is 138. The first kappa shape index (κ1) is 84.9. The zero-order chi connectivity index (χ0) is 88.2. The lowest BCUT2D eigenvalue weighted by molar-refractivity contribution is -0.138. The summed E-state index contributed by atoms with van der Waals surface area (Å²) in [6.45, 7) is 0.257. The molecule has 0 saturated heterocycles. The van der Waals surface area contributed by atoms with E-state index in [4.69, 9.17) is 34.0 Å². The second kappa shape index (κ2) is 34.1. The highest BCUT2D eigenvalue weighted by atomic mass is 79.9. The maximum absolute atomic E-state index is 13.6. The number of fused-ring (bicyclic) bond motifs is 12. The van der Waals surface area contributed by atoms with E-state index >= 15 is 0 Å². The predicted molar refractivity (Wildman–Crippen MR) is 453 cm³/mol. The van der Waals surface area contributed by atoms with E-state index < -0.39 is 97.0 Å². The first-order valence-electron chi connectivity index (χ1n) is 35.8. The number of benzene rings is 8. The molecule has 0 unspecified atom stereocenters. The normalized spacial score (nSPS) is 11.6. The quantitative estimate of drug-likeness (QED) is 0.0593. The molecule has 0 bridgehead atoms. The third kappa shape index (κ3) is 16.7. The first-order valence-corrected chi connectivity index (χ1v) is 39.4. The zero-order valence-corrected chi connectivity index (χ0v) is 68.0. The van der Waals surface area contributed by atoms with E-state index in [0.29, 0.717) is 48.1 Å². The number of phenols is 1. The van der Waals surface area contributed by atoms with Crippen LogP contribution in [0.5, 0.6) is 34.5 Å². The van der Waals surface area contributed by atoms with Crippen molar-refractivity contribution < 1.29 is 83.1 Å². The van der Waals surface area contributed by atoms with Crippen LogP contribution in [0, 0.1) is 11.6 Å². The van der Waals surface area contributed by atoms with Crippen molar-refractivity contribution in [3.05, 3.63) is 356 Å². The lowest BCUT2D eigenvalue weighted by Crippen LogP contribution is -2.22. The minimum Gasteiger partial charge on any atom is -0.508 e. The Morgan fingerprint density at radius 3 is 1.44 bits per heavy atom. The molecule has 0 atom stereocenters. The molecule has 8 aromatic carbocycles. The van der Waals surface area contributed by atoms with E-state index in [0.717, 1.165) is 73.5 Å². The fourth-order valence-corrected chi connectivity index (χ4v) is 16.0. The van der Waals surface area contributed by atoms with E-state index in [-0.39, 0.29) is 122 Å². The van der Waals surface area contributed by atoms with Crippen LogP contribution in [-0.4, -0.2) is 60.9 Å². The Bertz CT molecular complexity index is 7950. The summed E-state index contributed by atoms with van der Waals surface area (Å²) in [6, 6.07) is 49.1. The monoisotopic (exact) mass is 1870 g/mol. The number of phenolic OH excluding ortho intramolecular Hbond substituents is 1. The Morgan fingerprint density at radius 1 is 0.444 bits per heavy atom. The Balaban J connectivity index is 0.000000129. The minimum absolute atomic E-state index is 0.0348. The molecule has 0 saturated carbocycles. The van der Waals surface area contributed by atoms with Crippen molar-refractivity contribution in [1.82, 2.24) is 28.2 Å². The van der Waals surface area contributed by atoms with E-state index in [2.05, 4.69) is 41.8 Å². The van der Waals surface area contributed by atoms with Gasteiger partial charge in [-0.25, -0.2) is 37.9 Å². The van der Waals surface area contributed by atoms with Gasteiger partial charge in [0.1, 0.15) is 64.7 Å². The maximum atomic E-state index is 13.6. The molecule has 0 aliphatic rings. The Morgan fingerprint density at radius 2 is 0.919 bits per heavy atom. The molecule has 10 aromatic heterocycles. The number of aromatic hydroxyl groups is 5. The summed E-state index contributed by atoms with van der Waals surface area (Å²) in [7, 11) is 1.50. The standard InChI is InChI=1S/C25H15F3N2O5S.C24H12ClF3N2O4S.C19H11BrFNO5.C19H11BrFNO4/c1-34-15-7-9-16(10-8-15)36-21-19(31)18-20(35-24(21)33)17-6-3-11-29-22(17)30(23(18)32)14-5-2-4-13(12-14)25(26,27)28;25-13-5-2-7-15(11-13)35-20-18(31)17-19(34-23(20)33)16-8-3-9-29-21(16)30(22(17)32)14-6-1-4-12(10-14)24(26,27)28;20-15-16(24)14-17(27-19(15)26)12-7-11(23)5-6-13(12)22(18(14)25)8-9-1-3-10(21)4-2-9;20-11-3-6-13-14(7-11)22(9-10-1-4-12(21)5-2-10)19(25)17-15(23)8-16(24)26-18(13)17/h2-12,31H,1H3;1-11,31H;1-7,23-24H,8H2;1-8,23H,9H2. The topological polar surface area (TPSA) is 345 Å². The summed E-state index contributed by atoms with van der Waals surface area (Å²) >= 11 is 14.0. The molecular weight excluding hydrogens is 1830 g/mol. The lowest BCUT2D eigenvalue weighted by atomic mass is 10.1. The number of methoxy groups -OCH3 is 1. The van der Waals surface area contributed by atoms with Gasteiger partial charge in [-0.05, 0) is 191 Å². The molecule has 0 fully saturated rings. The number of ether oxygens (including phenoxy) is 1. The fraction of sp³-hybridized carbons (Fsp3) is 0.0575. The molecule has 124 heavy (non-hydrogen) atoms. The van der Waals surface area contributed by atoms with E-state index in [1.54, 1.807) is 91.0 Å². The van der Waals surface area contributed by atoms with Gasteiger partial charge in [-0.2, -0.15) is 26.3 Å². The molecular formula is C87H49Br2ClF8N6O18S2. The van der Waals surface area contributed by atoms with E-state index in [1.807, 2.05) is 0 Å². The van der Waals surface area contributed by atoms with Crippen LogP contribution in [-0.2, 0) is 25.4 Å². The second-order valence-electron chi connectivity index (χ2n) is 26.8. The van der Waals surface area contributed by atoms with Gasteiger partial charge in [-0.3, -0.25) is 28.3 Å². The van der Waals surface area contributed by atoms with Gasteiger partial charge < -0.3 is 57.1 Å². The number of pyridine rings is 6. The third-order valence-corrected chi connectivity index (χ3v) is 22.6. The van der Waals surface area contributed by atoms with Gasteiger partial charge in [0.05, 0.1) is 70.6 Å². The van der Waals surface area contributed by atoms with Crippen molar-refractivity contribution in [2.75, 3.05) is 7.11 Å². The summed E-state index contributed by atoms with van der Waals surface area (Å²) in [6.07, 6.45) is -6.59. The molecule has 18 aromatic rings. The Labute approximate surface area is 715 Å². The highest BCUT2D eigenvalue weighted by Crippen LogP contribution is 2.43. The number of hydrogen-bond donors (Lipinski definition) is 5. The summed E-state index contributed by atoms with van der Waals surface area (Å²) in [5.41, 5.74) is -6.74. The molecule has 5 N–H and O–H groups in total. The molecule has 0 aliphatic heterocycles. The van der Waals surface area contributed by atoms with Crippen molar-refractivity contribution in [1.29, 1.82) is 0 Å². The van der Waals surface area contributed by atoms with Crippen molar-refractivity contribution in [2.45, 2.75) is 45.0 Å². The number of halogens is 11. The van der Waals surface area contributed by atoms with Crippen LogP contribution in [0.3, 0.4) is 0 Å². The van der Waals surface area contributed by atoms with Crippen LogP contribution in [0.4, 0.5) is 35.1 Å². The summed E-state index contributed by atoms with van der Waals surface area (Å²) in [5, 5.41) is 52.9. The highest BCUT2D eigenvalue weighted by Gasteiger charge is 2.34. The molecule has 0 aliphatic carbocycles. The van der Waals surface area contributed by atoms with Gasteiger partial charge >= 0.3 is 34.9 Å². The van der Waals surface area contributed by atoms with Crippen molar-refractivity contribution >= 4 is 155 Å². The predicted octanol–water partition coefficient (Wildman–Crippen LogP) is 18.6. The molecule has 0 amide bonds. The molecule has 624 valence electrons. The number of aromatic nitrogens is 6. The van der Waals surface area contributed by atoms with E-state index in [9.17, 15) is 99.0 Å². The number of hydrogen-bond acceptors (Lipinski definition) is 22. The van der Waals surface area contributed by atoms with Crippen LogP contribution in [0.25, 0.3) is 99.1 Å². The Hall–Kier alpha value is -14.1. The maximum Gasteiger partial charge on any atom is 0.416 e. The van der Waals surface area contributed by atoms with Crippen molar-refractivity contribution in [2.24, 2.45) is 0 Å². The van der Waals surface area contributed by atoms with Crippen molar-refractivity contribution in [3.8, 4) is 45.9 Å². The highest BCUT2D eigenvalue weighted by molar-refractivity contribution is 9.10. The summed E-state index contributed by atoms with van der Waals surface area (Å²) in [5.74, 6) is -2.55. The fourth-order valence-electron chi connectivity index (χ4n) is 13.4. The molecule has 0 radical (unpaired) electrons. The van der Waals surface area contributed by atoms with Crippen LogP contribution >= 0.6 is 67.0 Å². The number of rotatable bonds is 11. The largest absolute Gasteiger partial charge is 0.508 e. The number of nitrogens with zero attached hydrogens (tertiary/aromatic N) is 6. The average Bonchev–Trinajstić information content (AvgIpc) is 0.743. The Kier molecular flexibility index (Phi) is 23.3. The molecule has 24 nitrogen and oxygen atoms in total. The van der Waals surface area contributed by atoms with Gasteiger partial charge in [0, 0.05) is 42.5 Å². The minimum atomic E-state index is -4.64. The molecule has 37 heteroatoms. The smallest absolute Gasteiger partial charge is 0.416 e. The zero-order valence-electron chi connectivity index (χ0n) is 62.5. The van der Waals surface area contributed by atoms with Crippen LogP contribution in [0.15, 0.2) is 309 Å². The van der Waals surface area contributed by atoms with Crippen LogP contribution in [0.1, 0.15) is 22.3 Å². The molecule has 10 heterocycles. The molecule has 18 rings (SSSR count). The van der Waals surface area contributed by atoms with Gasteiger partial charge in [0.15, 0.2) is 50.9 Å². The van der Waals surface area contributed by atoms with Gasteiger partial charge in [0.25, 0.3) is 22.2 Å². The first-order chi connectivity index (χ1) is 59.1. The van der Waals surface area contributed by atoms with Gasteiger partial charge in [-0.15, -0.1) is 0 Å². The second-order valence-corrected chi connectivity index (χ2v) is 31.1. The SMILES string of the molecule is COc1ccc(Sc2c(O)c3c(=O)n(-c4cccc(C(F)(F)F)c4)c4ncccc4c3oc2=O)cc1.O=c1cc(O)c2c(=O)n(Cc3ccc(F)cc3)c3cc(Br)ccc3c2o1.O=c1oc2c(c(O)c1Br)c(=O)n(Cc1ccc(F)cc1)c1ccc(O)cc21.O=c1oc2c(c(O)c1Sc1cccc(Cl)c1)c(=O)n(-c1cccc(C(F)(F)F)c1)c1ncccc21. The third-order valence-electron chi connectivity index (χ3n) is 19.0.